The third-order valence-electron chi connectivity index (χ3n) is 3.06. The summed E-state index contributed by atoms with van der Waals surface area (Å²) in [6.07, 6.45) is 1.27. The van der Waals surface area contributed by atoms with Gasteiger partial charge in [-0.05, 0) is 18.3 Å². The molecule has 0 aliphatic heterocycles. The summed E-state index contributed by atoms with van der Waals surface area (Å²) in [5.41, 5.74) is -0.693. The zero-order chi connectivity index (χ0) is 12.2. The van der Waals surface area contributed by atoms with Crippen LogP contribution in [0.3, 0.4) is 0 Å². The molecule has 15 heavy (non-hydrogen) atoms. The SMILES string of the molecule is C=C(C(=O)CCC)C(O)(C(C)C)C(C)C. The van der Waals surface area contributed by atoms with E-state index in [1.807, 2.05) is 34.6 Å². The van der Waals surface area contributed by atoms with Crippen LogP contribution in [0.15, 0.2) is 12.2 Å². The predicted octanol–water partition coefficient (Wildman–Crippen LogP) is 2.95. The molecule has 0 aliphatic rings. The number of carbonyl (C=O) groups is 1. The summed E-state index contributed by atoms with van der Waals surface area (Å²) in [6.45, 7) is 13.4. The van der Waals surface area contributed by atoms with Crippen LogP contribution in [-0.4, -0.2) is 16.5 Å². The molecule has 0 rings (SSSR count). The first-order valence-corrected chi connectivity index (χ1v) is 5.73. The molecule has 88 valence electrons. The molecule has 0 unspecified atom stereocenters. The van der Waals surface area contributed by atoms with E-state index in [1.165, 1.54) is 0 Å². The van der Waals surface area contributed by atoms with Crippen molar-refractivity contribution in [3.05, 3.63) is 12.2 Å². The van der Waals surface area contributed by atoms with Crippen molar-refractivity contribution in [1.29, 1.82) is 0 Å². The van der Waals surface area contributed by atoms with Gasteiger partial charge in [0.25, 0.3) is 0 Å². The Hall–Kier alpha value is -0.630. The Morgan fingerprint density at radius 2 is 1.67 bits per heavy atom. The van der Waals surface area contributed by atoms with E-state index in [2.05, 4.69) is 6.58 Å². The minimum atomic E-state index is -1.06. The van der Waals surface area contributed by atoms with E-state index in [4.69, 9.17) is 0 Å². The number of hydrogen-bond acceptors (Lipinski definition) is 2. The third-order valence-corrected chi connectivity index (χ3v) is 3.06. The lowest BCUT2D eigenvalue weighted by Gasteiger charge is -2.37. The van der Waals surface area contributed by atoms with E-state index >= 15 is 0 Å². The highest BCUT2D eigenvalue weighted by Crippen LogP contribution is 2.33. The van der Waals surface area contributed by atoms with Crippen molar-refractivity contribution in [2.24, 2.45) is 11.8 Å². The molecule has 0 fully saturated rings. The van der Waals surface area contributed by atoms with Gasteiger partial charge in [0.15, 0.2) is 5.78 Å². The summed E-state index contributed by atoms with van der Waals surface area (Å²) in [7, 11) is 0. The van der Waals surface area contributed by atoms with Crippen molar-refractivity contribution >= 4 is 5.78 Å². The minimum Gasteiger partial charge on any atom is -0.385 e. The molecule has 0 saturated heterocycles. The van der Waals surface area contributed by atoms with Gasteiger partial charge in [-0.2, -0.15) is 0 Å². The Morgan fingerprint density at radius 1 is 1.27 bits per heavy atom. The number of aliphatic hydroxyl groups is 1. The first-order valence-electron chi connectivity index (χ1n) is 5.73. The van der Waals surface area contributed by atoms with Crippen LogP contribution in [0, 0.1) is 11.8 Å². The van der Waals surface area contributed by atoms with Gasteiger partial charge in [0.05, 0.1) is 5.60 Å². The van der Waals surface area contributed by atoms with Gasteiger partial charge in [0, 0.05) is 12.0 Å². The van der Waals surface area contributed by atoms with E-state index in [0.717, 1.165) is 6.42 Å². The lowest BCUT2D eigenvalue weighted by Crippen LogP contribution is -2.44. The second-order valence-electron chi connectivity index (χ2n) is 4.79. The first-order chi connectivity index (χ1) is 6.78. The van der Waals surface area contributed by atoms with Crippen LogP contribution in [0.5, 0.6) is 0 Å². The second kappa shape index (κ2) is 5.45. The maximum atomic E-state index is 11.7. The normalized spacial score (nSPS) is 12.3. The fourth-order valence-electron chi connectivity index (χ4n) is 1.96. The molecule has 2 heteroatoms. The lowest BCUT2D eigenvalue weighted by molar-refractivity contribution is -0.120. The Labute approximate surface area is 93.4 Å². The van der Waals surface area contributed by atoms with Crippen molar-refractivity contribution in [2.75, 3.05) is 0 Å². The molecule has 1 N–H and O–H groups in total. The van der Waals surface area contributed by atoms with E-state index in [9.17, 15) is 9.90 Å². The van der Waals surface area contributed by atoms with Gasteiger partial charge >= 0.3 is 0 Å². The standard InChI is InChI=1S/C13H24O2/c1-7-8-12(14)11(6)13(15,9(2)3)10(4)5/h9-10,15H,6-8H2,1-5H3. The quantitative estimate of drug-likeness (QED) is 0.687. The number of Topliss-reactive ketones (excluding diaryl/α,β-unsaturated/α-hetero) is 1. The highest BCUT2D eigenvalue weighted by Gasteiger charge is 2.39. The zero-order valence-corrected chi connectivity index (χ0v) is 10.6. The number of hydrogen-bond donors (Lipinski definition) is 1. The molecule has 2 nitrogen and oxygen atoms in total. The summed E-state index contributed by atoms with van der Waals surface area (Å²) < 4.78 is 0. The van der Waals surface area contributed by atoms with Crippen molar-refractivity contribution < 1.29 is 9.90 Å². The van der Waals surface area contributed by atoms with Gasteiger partial charge in [0.1, 0.15) is 0 Å². The average molecular weight is 212 g/mol. The fraction of sp³-hybridized carbons (Fsp3) is 0.769. The van der Waals surface area contributed by atoms with E-state index in [1.54, 1.807) is 0 Å². The summed E-state index contributed by atoms with van der Waals surface area (Å²) in [5.74, 6) is -0.000915. The number of ketones is 1. The van der Waals surface area contributed by atoms with Crippen LogP contribution < -0.4 is 0 Å². The topological polar surface area (TPSA) is 37.3 Å². The van der Waals surface area contributed by atoms with Crippen LogP contribution in [0.2, 0.25) is 0 Å². The molecule has 0 aliphatic carbocycles. The number of carbonyl (C=O) groups excluding carboxylic acids is 1. The molecule has 0 bridgehead atoms. The van der Waals surface area contributed by atoms with Gasteiger partial charge in [-0.3, -0.25) is 4.79 Å². The van der Waals surface area contributed by atoms with Gasteiger partial charge in [-0.25, -0.2) is 0 Å². The lowest BCUT2D eigenvalue weighted by atomic mass is 9.73. The van der Waals surface area contributed by atoms with Crippen molar-refractivity contribution in [1.82, 2.24) is 0 Å². The van der Waals surface area contributed by atoms with E-state index < -0.39 is 5.60 Å². The minimum absolute atomic E-state index is 0.00538. The summed E-state index contributed by atoms with van der Waals surface area (Å²) in [4.78, 5) is 11.7. The summed E-state index contributed by atoms with van der Waals surface area (Å²) in [6, 6.07) is 0. The molecule has 0 radical (unpaired) electrons. The zero-order valence-electron chi connectivity index (χ0n) is 10.6. The van der Waals surface area contributed by atoms with Gasteiger partial charge in [-0.1, -0.05) is 41.2 Å². The maximum absolute atomic E-state index is 11.7. The molecule has 0 aromatic rings. The van der Waals surface area contributed by atoms with E-state index in [-0.39, 0.29) is 17.6 Å². The Balaban J connectivity index is 4.95. The van der Waals surface area contributed by atoms with Crippen LogP contribution in [-0.2, 0) is 4.79 Å². The molecular formula is C13H24O2. The van der Waals surface area contributed by atoms with Gasteiger partial charge < -0.3 is 5.11 Å². The van der Waals surface area contributed by atoms with Crippen molar-refractivity contribution in [3.8, 4) is 0 Å². The molecule has 0 atom stereocenters. The molecule has 0 amide bonds. The average Bonchev–Trinajstić information content (AvgIpc) is 2.15. The van der Waals surface area contributed by atoms with E-state index in [0.29, 0.717) is 12.0 Å². The number of rotatable bonds is 6. The van der Waals surface area contributed by atoms with Gasteiger partial charge in [0.2, 0.25) is 0 Å². The van der Waals surface area contributed by atoms with Crippen LogP contribution >= 0.6 is 0 Å². The van der Waals surface area contributed by atoms with Gasteiger partial charge in [-0.15, -0.1) is 0 Å². The molecule has 0 aromatic heterocycles. The highest BCUT2D eigenvalue weighted by molar-refractivity contribution is 5.96. The van der Waals surface area contributed by atoms with Crippen molar-refractivity contribution in [2.45, 2.75) is 53.1 Å². The predicted molar refractivity (Wildman–Crippen MR) is 63.7 cm³/mol. The smallest absolute Gasteiger partial charge is 0.161 e. The van der Waals surface area contributed by atoms with Crippen molar-refractivity contribution in [3.63, 3.8) is 0 Å². The second-order valence-corrected chi connectivity index (χ2v) is 4.79. The van der Waals surface area contributed by atoms with Crippen LogP contribution in [0.25, 0.3) is 0 Å². The molecule has 0 heterocycles. The molecule has 0 aromatic carbocycles. The third kappa shape index (κ3) is 2.91. The Kier molecular flexibility index (Phi) is 5.22. The molecule has 0 saturated carbocycles. The summed E-state index contributed by atoms with van der Waals surface area (Å²) in [5, 5.41) is 10.5. The maximum Gasteiger partial charge on any atom is 0.161 e. The summed E-state index contributed by atoms with van der Waals surface area (Å²) >= 11 is 0. The largest absolute Gasteiger partial charge is 0.385 e. The fourth-order valence-corrected chi connectivity index (χ4v) is 1.96. The monoisotopic (exact) mass is 212 g/mol. The molecule has 0 spiro atoms. The Morgan fingerprint density at radius 3 is 1.93 bits per heavy atom. The van der Waals surface area contributed by atoms with Crippen LogP contribution in [0.4, 0.5) is 0 Å². The highest BCUT2D eigenvalue weighted by atomic mass is 16.3. The Bertz CT molecular complexity index is 231. The van der Waals surface area contributed by atoms with Crippen LogP contribution in [0.1, 0.15) is 47.5 Å². The molecular weight excluding hydrogens is 188 g/mol. The first kappa shape index (κ1) is 14.4.